The highest BCUT2D eigenvalue weighted by atomic mass is 16.1. The molecule has 14 heavy (non-hydrogen) atoms. The largest absolute Gasteiger partial charge is 0.335 e. The molecule has 5 nitrogen and oxygen atoms in total. The minimum absolute atomic E-state index is 0.463. The molecule has 0 saturated heterocycles. The molecule has 0 aliphatic carbocycles. The monoisotopic (exact) mass is 190 g/mol. The number of aromatic nitrogens is 4. The Labute approximate surface area is 81.0 Å². The van der Waals surface area contributed by atoms with E-state index in [2.05, 4.69) is 10.1 Å². The van der Waals surface area contributed by atoms with Crippen LogP contribution in [0.2, 0.25) is 0 Å². The molecule has 0 amide bonds. The van der Waals surface area contributed by atoms with E-state index in [0.29, 0.717) is 5.69 Å². The van der Waals surface area contributed by atoms with Gasteiger partial charge in [0.05, 0.1) is 12.9 Å². The van der Waals surface area contributed by atoms with Crippen LogP contribution in [0.3, 0.4) is 0 Å². The number of nitrogens with zero attached hydrogens (tertiary/aromatic N) is 4. The molecule has 2 aromatic rings. The zero-order valence-corrected chi connectivity index (χ0v) is 7.58. The number of aldehydes is 1. The predicted octanol–water partition coefficient (Wildman–Crippen LogP) is 0.592. The van der Waals surface area contributed by atoms with E-state index in [9.17, 15) is 4.79 Å². The Kier molecular flexibility index (Phi) is 2.40. The first-order valence-electron chi connectivity index (χ1n) is 4.33. The second-order valence-electron chi connectivity index (χ2n) is 2.92. The lowest BCUT2D eigenvalue weighted by molar-refractivity contribution is 0.111. The zero-order valence-electron chi connectivity index (χ0n) is 7.58. The van der Waals surface area contributed by atoms with Crippen LogP contribution in [-0.4, -0.2) is 25.6 Å². The Morgan fingerprint density at radius 2 is 2.36 bits per heavy atom. The highest BCUT2D eigenvalue weighted by Crippen LogP contribution is 1.94. The van der Waals surface area contributed by atoms with Crippen molar-refractivity contribution < 1.29 is 4.79 Å². The quantitative estimate of drug-likeness (QED) is 0.663. The molecule has 0 saturated carbocycles. The molecule has 0 radical (unpaired) electrons. The topological polar surface area (TPSA) is 52.7 Å². The summed E-state index contributed by atoms with van der Waals surface area (Å²) in [7, 11) is 0. The van der Waals surface area contributed by atoms with Crippen molar-refractivity contribution in [3.05, 3.63) is 36.7 Å². The van der Waals surface area contributed by atoms with Gasteiger partial charge in [0.2, 0.25) is 0 Å². The van der Waals surface area contributed by atoms with E-state index in [4.69, 9.17) is 0 Å². The van der Waals surface area contributed by atoms with Crippen LogP contribution >= 0.6 is 0 Å². The van der Waals surface area contributed by atoms with E-state index in [0.717, 1.165) is 19.4 Å². The molecule has 0 fully saturated rings. The number of hydrogen-bond donors (Lipinski definition) is 0. The van der Waals surface area contributed by atoms with Gasteiger partial charge in [0.15, 0.2) is 6.29 Å². The van der Waals surface area contributed by atoms with Crippen LogP contribution < -0.4 is 0 Å². The Morgan fingerprint density at radius 3 is 3.00 bits per heavy atom. The lowest BCUT2D eigenvalue weighted by Gasteiger charge is -2.01. The minimum Gasteiger partial charge on any atom is -0.335 e. The zero-order chi connectivity index (χ0) is 9.80. The van der Waals surface area contributed by atoms with Crippen molar-refractivity contribution in [1.82, 2.24) is 19.3 Å². The smallest absolute Gasteiger partial charge is 0.169 e. The minimum atomic E-state index is 0.463. The van der Waals surface area contributed by atoms with Gasteiger partial charge in [-0.2, -0.15) is 5.10 Å². The molecule has 2 rings (SSSR count). The van der Waals surface area contributed by atoms with Crippen molar-refractivity contribution in [2.75, 3.05) is 0 Å². The number of hydrogen-bond acceptors (Lipinski definition) is 3. The first-order chi connectivity index (χ1) is 6.88. The van der Waals surface area contributed by atoms with Gasteiger partial charge in [0, 0.05) is 25.1 Å². The molecule has 0 N–H and O–H groups in total. The molecule has 2 aromatic heterocycles. The molecule has 72 valence electrons. The lowest BCUT2D eigenvalue weighted by atomic mass is 10.5. The fourth-order valence-electron chi connectivity index (χ4n) is 1.21. The predicted molar refractivity (Wildman–Crippen MR) is 49.8 cm³/mol. The highest BCUT2D eigenvalue weighted by Gasteiger charge is 1.96. The van der Waals surface area contributed by atoms with E-state index in [1.165, 1.54) is 0 Å². The van der Waals surface area contributed by atoms with Gasteiger partial charge in [-0.3, -0.25) is 9.48 Å². The third-order valence-electron chi connectivity index (χ3n) is 1.92. The highest BCUT2D eigenvalue weighted by molar-refractivity contribution is 5.70. The van der Waals surface area contributed by atoms with Crippen molar-refractivity contribution in [2.24, 2.45) is 0 Å². The molecule has 0 aliphatic rings. The van der Waals surface area contributed by atoms with E-state index in [1.807, 2.05) is 21.5 Å². The standard InChI is InChI=1S/C9H10N4O/c14-7-9-6-12(8-10-9)4-5-13-3-1-2-11-13/h1-3,6-8H,4-5H2. The normalized spacial score (nSPS) is 10.3. The molecule has 0 aliphatic heterocycles. The summed E-state index contributed by atoms with van der Waals surface area (Å²) in [5, 5.41) is 4.07. The number of imidazole rings is 1. The summed E-state index contributed by atoms with van der Waals surface area (Å²) in [6.45, 7) is 1.55. The van der Waals surface area contributed by atoms with Gasteiger partial charge in [0.1, 0.15) is 5.69 Å². The van der Waals surface area contributed by atoms with E-state index in [-0.39, 0.29) is 0 Å². The van der Waals surface area contributed by atoms with Crippen LogP contribution in [0, 0.1) is 0 Å². The Morgan fingerprint density at radius 1 is 1.43 bits per heavy atom. The van der Waals surface area contributed by atoms with Crippen LogP contribution in [0.5, 0.6) is 0 Å². The first kappa shape index (κ1) is 8.68. The van der Waals surface area contributed by atoms with Crippen LogP contribution in [0.1, 0.15) is 10.5 Å². The summed E-state index contributed by atoms with van der Waals surface area (Å²) in [6, 6.07) is 1.88. The molecule has 2 heterocycles. The van der Waals surface area contributed by atoms with Gasteiger partial charge < -0.3 is 4.57 Å². The molecule has 5 heteroatoms. The first-order valence-corrected chi connectivity index (χ1v) is 4.33. The van der Waals surface area contributed by atoms with E-state index < -0.39 is 0 Å². The van der Waals surface area contributed by atoms with Gasteiger partial charge in [-0.05, 0) is 6.07 Å². The third kappa shape index (κ3) is 1.87. The third-order valence-corrected chi connectivity index (χ3v) is 1.92. The summed E-state index contributed by atoms with van der Waals surface area (Å²) in [4.78, 5) is 14.3. The summed E-state index contributed by atoms with van der Waals surface area (Å²) < 4.78 is 3.70. The van der Waals surface area contributed by atoms with E-state index >= 15 is 0 Å². The average Bonchev–Trinajstić information content (AvgIpc) is 2.86. The van der Waals surface area contributed by atoms with Gasteiger partial charge in [-0.1, -0.05) is 0 Å². The van der Waals surface area contributed by atoms with Gasteiger partial charge in [0.25, 0.3) is 0 Å². The van der Waals surface area contributed by atoms with Gasteiger partial charge in [-0.15, -0.1) is 0 Å². The molecular weight excluding hydrogens is 180 g/mol. The fraction of sp³-hybridized carbons (Fsp3) is 0.222. The Hall–Kier alpha value is -1.91. The Bertz CT molecular complexity index is 404. The molecule has 0 spiro atoms. The molecule has 0 unspecified atom stereocenters. The number of carbonyl (C=O) groups is 1. The second kappa shape index (κ2) is 3.87. The van der Waals surface area contributed by atoms with Crippen LogP contribution in [0.15, 0.2) is 31.0 Å². The van der Waals surface area contributed by atoms with Crippen molar-refractivity contribution in [3.63, 3.8) is 0 Å². The van der Waals surface area contributed by atoms with Crippen molar-refractivity contribution >= 4 is 6.29 Å². The van der Waals surface area contributed by atoms with Gasteiger partial charge >= 0.3 is 0 Å². The number of rotatable bonds is 4. The van der Waals surface area contributed by atoms with Crippen molar-refractivity contribution in [3.8, 4) is 0 Å². The molecule has 0 atom stereocenters. The average molecular weight is 190 g/mol. The molecule has 0 bridgehead atoms. The summed E-state index contributed by atoms with van der Waals surface area (Å²) in [6.07, 6.45) is 7.75. The van der Waals surface area contributed by atoms with Gasteiger partial charge in [-0.25, -0.2) is 4.98 Å². The van der Waals surface area contributed by atoms with Crippen LogP contribution in [0.25, 0.3) is 0 Å². The maximum atomic E-state index is 10.4. The van der Waals surface area contributed by atoms with Crippen molar-refractivity contribution in [2.45, 2.75) is 13.1 Å². The summed E-state index contributed by atoms with van der Waals surface area (Å²) in [5.74, 6) is 0. The summed E-state index contributed by atoms with van der Waals surface area (Å²) >= 11 is 0. The van der Waals surface area contributed by atoms with Crippen LogP contribution in [-0.2, 0) is 13.1 Å². The van der Waals surface area contributed by atoms with Crippen molar-refractivity contribution in [1.29, 1.82) is 0 Å². The maximum Gasteiger partial charge on any atom is 0.169 e. The Balaban J connectivity index is 1.95. The van der Waals surface area contributed by atoms with Crippen LogP contribution in [0.4, 0.5) is 0 Å². The lowest BCUT2D eigenvalue weighted by Crippen LogP contribution is -2.05. The molecule has 0 aromatic carbocycles. The molecular formula is C9H10N4O. The van der Waals surface area contributed by atoms with E-state index in [1.54, 1.807) is 18.7 Å². The fourth-order valence-corrected chi connectivity index (χ4v) is 1.21. The maximum absolute atomic E-state index is 10.4. The number of aryl methyl sites for hydroxylation is 2. The summed E-state index contributed by atoms with van der Waals surface area (Å²) in [5.41, 5.74) is 0.463. The second-order valence-corrected chi connectivity index (χ2v) is 2.92. The number of carbonyl (C=O) groups excluding carboxylic acids is 1. The SMILES string of the molecule is O=Cc1cn(CCn2cccn2)cn1.